The molecule has 0 saturated carbocycles. The largest absolute Gasteiger partial charge is 0.394 e. The number of aliphatic hydroxyl groups is 2. The van der Waals surface area contributed by atoms with Gasteiger partial charge in [0.25, 0.3) is 0 Å². The average Bonchev–Trinajstić information content (AvgIpc) is 2.27. The Morgan fingerprint density at radius 2 is 1.87 bits per heavy atom. The SMILES string of the molecule is CCC(CC(O)CO)c1ccc(Cl)cc1. The Morgan fingerprint density at radius 3 is 2.33 bits per heavy atom. The zero-order valence-electron chi connectivity index (χ0n) is 8.86. The van der Waals surface area contributed by atoms with Crippen molar-refractivity contribution < 1.29 is 10.2 Å². The third-order valence-corrected chi connectivity index (χ3v) is 2.85. The standard InChI is InChI=1S/C12H17ClO2/c1-2-9(7-12(15)8-14)10-3-5-11(13)6-4-10/h3-6,9,12,14-15H,2,7-8H2,1H3. The van der Waals surface area contributed by atoms with Crippen molar-refractivity contribution in [3.05, 3.63) is 34.9 Å². The molecule has 0 aromatic heterocycles. The van der Waals surface area contributed by atoms with Crippen molar-refractivity contribution >= 4 is 11.6 Å². The molecular formula is C12H17ClO2. The van der Waals surface area contributed by atoms with Gasteiger partial charge in [-0.2, -0.15) is 0 Å². The van der Waals surface area contributed by atoms with Gasteiger partial charge in [-0.25, -0.2) is 0 Å². The maximum atomic E-state index is 9.40. The van der Waals surface area contributed by atoms with E-state index >= 15 is 0 Å². The first kappa shape index (κ1) is 12.5. The molecule has 0 aliphatic rings. The summed E-state index contributed by atoms with van der Waals surface area (Å²) in [5, 5.41) is 18.9. The molecule has 0 saturated heterocycles. The molecule has 84 valence electrons. The second-order valence-corrected chi connectivity index (χ2v) is 4.17. The van der Waals surface area contributed by atoms with Crippen molar-refractivity contribution in [2.75, 3.05) is 6.61 Å². The molecule has 1 rings (SSSR count). The molecule has 0 spiro atoms. The molecule has 0 bridgehead atoms. The fourth-order valence-electron chi connectivity index (χ4n) is 1.68. The molecule has 0 fully saturated rings. The number of benzene rings is 1. The van der Waals surface area contributed by atoms with E-state index in [9.17, 15) is 5.11 Å². The van der Waals surface area contributed by atoms with E-state index in [0.717, 1.165) is 17.0 Å². The van der Waals surface area contributed by atoms with E-state index in [4.69, 9.17) is 16.7 Å². The van der Waals surface area contributed by atoms with Crippen LogP contribution in [0.4, 0.5) is 0 Å². The van der Waals surface area contributed by atoms with Gasteiger partial charge in [-0.3, -0.25) is 0 Å². The van der Waals surface area contributed by atoms with Crippen LogP contribution in [0.2, 0.25) is 5.02 Å². The minimum absolute atomic E-state index is 0.176. The summed E-state index contributed by atoms with van der Waals surface area (Å²) in [4.78, 5) is 0. The minimum atomic E-state index is -0.634. The van der Waals surface area contributed by atoms with Gasteiger partial charge >= 0.3 is 0 Å². The lowest BCUT2D eigenvalue weighted by molar-refractivity contribution is 0.0817. The molecule has 2 unspecified atom stereocenters. The number of rotatable bonds is 5. The fourth-order valence-corrected chi connectivity index (χ4v) is 1.80. The topological polar surface area (TPSA) is 40.5 Å². The Balaban J connectivity index is 2.69. The van der Waals surface area contributed by atoms with Gasteiger partial charge in [0.2, 0.25) is 0 Å². The molecule has 15 heavy (non-hydrogen) atoms. The van der Waals surface area contributed by atoms with Crippen LogP contribution in [0, 0.1) is 0 Å². The van der Waals surface area contributed by atoms with Crippen LogP contribution >= 0.6 is 11.6 Å². The second-order valence-electron chi connectivity index (χ2n) is 3.73. The summed E-state index contributed by atoms with van der Waals surface area (Å²) < 4.78 is 0. The molecule has 2 nitrogen and oxygen atoms in total. The number of halogens is 1. The molecule has 0 radical (unpaired) electrons. The summed E-state index contributed by atoms with van der Waals surface area (Å²) in [6, 6.07) is 7.65. The van der Waals surface area contributed by atoms with Gasteiger partial charge in [0.15, 0.2) is 0 Å². The first-order chi connectivity index (χ1) is 7.17. The predicted molar refractivity (Wildman–Crippen MR) is 62.2 cm³/mol. The molecule has 0 amide bonds. The molecule has 2 N–H and O–H groups in total. The highest BCUT2D eigenvalue weighted by molar-refractivity contribution is 6.30. The highest BCUT2D eigenvalue weighted by atomic mass is 35.5. The van der Waals surface area contributed by atoms with Crippen LogP contribution in [0.1, 0.15) is 31.2 Å². The van der Waals surface area contributed by atoms with E-state index in [1.807, 2.05) is 24.3 Å². The van der Waals surface area contributed by atoms with Crippen molar-refractivity contribution in [1.29, 1.82) is 0 Å². The van der Waals surface area contributed by atoms with Crippen LogP contribution in [0.25, 0.3) is 0 Å². The molecule has 1 aromatic carbocycles. The Hall–Kier alpha value is -0.570. The molecule has 2 atom stereocenters. The summed E-state index contributed by atoms with van der Waals surface area (Å²) in [6.45, 7) is 1.90. The predicted octanol–water partition coefficient (Wildman–Crippen LogP) is 2.58. The highest BCUT2D eigenvalue weighted by Gasteiger charge is 2.14. The van der Waals surface area contributed by atoms with Crippen molar-refractivity contribution in [3.63, 3.8) is 0 Å². The second kappa shape index (κ2) is 6.11. The van der Waals surface area contributed by atoms with Gasteiger partial charge < -0.3 is 10.2 Å². The normalized spacial score (nSPS) is 14.9. The summed E-state index contributed by atoms with van der Waals surface area (Å²) in [6.07, 6.45) is 0.901. The van der Waals surface area contributed by atoms with E-state index in [1.165, 1.54) is 0 Å². The van der Waals surface area contributed by atoms with Crippen LogP contribution in [-0.2, 0) is 0 Å². The van der Waals surface area contributed by atoms with Crippen molar-refractivity contribution in [3.8, 4) is 0 Å². The molecule has 0 aliphatic heterocycles. The molecular weight excluding hydrogens is 212 g/mol. The minimum Gasteiger partial charge on any atom is -0.394 e. The van der Waals surface area contributed by atoms with Crippen LogP contribution in [0.5, 0.6) is 0 Å². The first-order valence-corrected chi connectivity index (χ1v) is 5.59. The van der Waals surface area contributed by atoms with Gasteiger partial charge in [-0.1, -0.05) is 30.7 Å². The van der Waals surface area contributed by atoms with Crippen LogP contribution in [0.15, 0.2) is 24.3 Å². The van der Waals surface area contributed by atoms with E-state index in [-0.39, 0.29) is 12.5 Å². The number of hydrogen-bond donors (Lipinski definition) is 2. The highest BCUT2D eigenvalue weighted by Crippen LogP contribution is 2.25. The molecule has 1 aromatic rings. The molecule has 3 heteroatoms. The van der Waals surface area contributed by atoms with E-state index in [2.05, 4.69) is 6.92 Å². The third-order valence-electron chi connectivity index (χ3n) is 2.60. The third kappa shape index (κ3) is 3.82. The monoisotopic (exact) mass is 228 g/mol. The maximum Gasteiger partial charge on any atom is 0.0776 e. The zero-order valence-corrected chi connectivity index (χ0v) is 9.61. The Kier molecular flexibility index (Phi) is 5.09. The van der Waals surface area contributed by atoms with Crippen LogP contribution in [0.3, 0.4) is 0 Å². The molecule has 0 heterocycles. The average molecular weight is 229 g/mol. The van der Waals surface area contributed by atoms with E-state index in [0.29, 0.717) is 6.42 Å². The van der Waals surface area contributed by atoms with Gasteiger partial charge in [-0.15, -0.1) is 0 Å². The summed E-state index contributed by atoms with van der Waals surface area (Å²) in [5.41, 5.74) is 1.16. The van der Waals surface area contributed by atoms with Crippen molar-refractivity contribution in [2.24, 2.45) is 0 Å². The van der Waals surface area contributed by atoms with E-state index < -0.39 is 6.10 Å². The molecule has 0 aliphatic carbocycles. The van der Waals surface area contributed by atoms with Crippen molar-refractivity contribution in [1.82, 2.24) is 0 Å². The summed E-state index contributed by atoms with van der Waals surface area (Å²) in [7, 11) is 0. The van der Waals surface area contributed by atoms with Gasteiger partial charge in [-0.05, 0) is 36.5 Å². The fraction of sp³-hybridized carbons (Fsp3) is 0.500. The lowest BCUT2D eigenvalue weighted by Gasteiger charge is -2.18. The van der Waals surface area contributed by atoms with E-state index in [1.54, 1.807) is 0 Å². The lowest BCUT2D eigenvalue weighted by atomic mass is 9.91. The first-order valence-electron chi connectivity index (χ1n) is 5.21. The summed E-state index contributed by atoms with van der Waals surface area (Å²) in [5.74, 6) is 0.282. The number of hydrogen-bond acceptors (Lipinski definition) is 2. The van der Waals surface area contributed by atoms with Crippen LogP contribution in [-0.4, -0.2) is 22.9 Å². The lowest BCUT2D eigenvalue weighted by Crippen LogP contribution is -2.16. The smallest absolute Gasteiger partial charge is 0.0776 e. The quantitative estimate of drug-likeness (QED) is 0.813. The maximum absolute atomic E-state index is 9.40. The Labute approximate surface area is 95.5 Å². The van der Waals surface area contributed by atoms with Gasteiger partial charge in [0.05, 0.1) is 12.7 Å². The number of aliphatic hydroxyl groups excluding tert-OH is 2. The Bertz CT molecular complexity index is 284. The van der Waals surface area contributed by atoms with Gasteiger partial charge in [0.1, 0.15) is 0 Å². The zero-order chi connectivity index (χ0) is 11.3. The van der Waals surface area contributed by atoms with Crippen LogP contribution < -0.4 is 0 Å². The Morgan fingerprint density at radius 1 is 1.27 bits per heavy atom. The van der Waals surface area contributed by atoms with Gasteiger partial charge in [0, 0.05) is 5.02 Å². The van der Waals surface area contributed by atoms with Crippen molar-refractivity contribution in [2.45, 2.75) is 31.8 Å². The summed E-state index contributed by atoms with van der Waals surface area (Å²) >= 11 is 5.80.